The lowest BCUT2D eigenvalue weighted by Crippen LogP contribution is -2.50. The Morgan fingerprint density at radius 3 is 2.40 bits per heavy atom. The van der Waals surface area contributed by atoms with Crippen LogP contribution >= 0.6 is 0 Å². The van der Waals surface area contributed by atoms with E-state index in [-0.39, 0.29) is 11.8 Å². The number of amides is 2. The summed E-state index contributed by atoms with van der Waals surface area (Å²) in [4.78, 5) is 34.1. The molecule has 3 rings (SSSR count). The average molecular weight is 415 g/mol. The van der Waals surface area contributed by atoms with Crippen LogP contribution in [0.2, 0.25) is 0 Å². The molecule has 0 aromatic heterocycles. The summed E-state index contributed by atoms with van der Waals surface area (Å²) in [6.07, 6.45) is 1.59. The van der Waals surface area contributed by atoms with Crippen LogP contribution in [0, 0.1) is 0 Å². The number of nitrogens with zero attached hydrogens (tertiary/aromatic N) is 4. The quantitative estimate of drug-likeness (QED) is 0.515. The molecule has 0 bridgehead atoms. The van der Waals surface area contributed by atoms with E-state index >= 15 is 0 Å². The van der Waals surface area contributed by atoms with Crippen LogP contribution in [-0.2, 0) is 16.1 Å². The van der Waals surface area contributed by atoms with Crippen molar-refractivity contribution in [3.63, 3.8) is 0 Å². The molecule has 2 aliphatic heterocycles. The minimum absolute atomic E-state index is 0.161. The van der Waals surface area contributed by atoms with Gasteiger partial charge in [-0.15, -0.1) is 0 Å². The Hall–Kier alpha value is -2.61. The second-order valence-corrected chi connectivity index (χ2v) is 7.79. The Balaban J connectivity index is 1.45. The molecule has 8 heteroatoms. The van der Waals surface area contributed by atoms with Crippen LogP contribution < -0.4 is 15.5 Å². The highest BCUT2D eigenvalue weighted by molar-refractivity contribution is 5.95. The van der Waals surface area contributed by atoms with Gasteiger partial charge in [-0.05, 0) is 31.0 Å². The summed E-state index contributed by atoms with van der Waals surface area (Å²) in [5, 5.41) is 6.69. The molecule has 2 N–H and O–H groups in total. The second kappa shape index (κ2) is 11.0. The van der Waals surface area contributed by atoms with Gasteiger partial charge in [-0.1, -0.05) is 12.1 Å². The SMILES string of the molecule is CCNC(=NCc1ccc(N2CCCC2=O)cc1)NCCN1CCN(C(C)=O)CC1. The monoisotopic (exact) mass is 414 g/mol. The number of nitrogens with one attached hydrogen (secondary N) is 2. The Kier molecular flexibility index (Phi) is 8.07. The standard InChI is InChI=1S/C22H34N6O2/c1-3-23-22(24-10-12-26-13-15-27(16-14-26)18(2)29)25-17-19-6-8-20(9-7-19)28-11-4-5-21(28)30/h6-9H,3-5,10-17H2,1-2H3,(H2,23,24,25). The number of benzene rings is 1. The summed E-state index contributed by atoms with van der Waals surface area (Å²) in [6.45, 7) is 11.1. The lowest BCUT2D eigenvalue weighted by Gasteiger charge is -2.34. The van der Waals surface area contributed by atoms with Gasteiger partial charge in [0.2, 0.25) is 11.8 Å². The smallest absolute Gasteiger partial charge is 0.227 e. The summed E-state index contributed by atoms with van der Waals surface area (Å²) in [7, 11) is 0. The van der Waals surface area contributed by atoms with Gasteiger partial charge in [0.25, 0.3) is 0 Å². The molecule has 2 aliphatic rings. The van der Waals surface area contributed by atoms with Gasteiger partial charge < -0.3 is 20.4 Å². The van der Waals surface area contributed by atoms with E-state index in [1.54, 1.807) is 6.92 Å². The number of rotatable bonds is 7. The van der Waals surface area contributed by atoms with Crippen LogP contribution in [0.25, 0.3) is 0 Å². The number of anilines is 1. The van der Waals surface area contributed by atoms with Crippen molar-refractivity contribution >= 4 is 23.5 Å². The first kappa shape index (κ1) is 22.1. The van der Waals surface area contributed by atoms with Gasteiger partial charge in [0.05, 0.1) is 6.54 Å². The van der Waals surface area contributed by atoms with E-state index in [4.69, 9.17) is 0 Å². The van der Waals surface area contributed by atoms with Crippen molar-refractivity contribution in [1.29, 1.82) is 0 Å². The number of hydrogen-bond donors (Lipinski definition) is 2. The van der Waals surface area contributed by atoms with Gasteiger partial charge in [0.1, 0.15) is 0 Å². The Labute approximate surface area is 179 Å². The molecule has 2 saturated heterocycles. The van der Waals surface area contributed by atoms with Gasteiger partial charge in [-0.25, -0.2) is 4.99 Å². The van der Waals surface area contributed by atoms with Crippen molar-refractivity contribution in [2.24, 2.45) is 4.99 Å². The number of aliphatic imine (C=N–C) groups is 1. The minimum Gasteiger partial charge on any atom is -0.357 e. The number of carbonyl (C=O) groups excluding carboxylic acids is 2. The highest BCUT2D eigenvalue weighted by Gasteiger charge is 2.21. The van der Waals surface area contributed by atoms with Gasteiger partial charge in [0.15, 0.2) is 5.96 Å². The first-order chi connectivity index (χ1) is 14.6. The van der Waals surface area contributed by atoms with Crippen LogP contribution in [0.1, 0.15) is 32.3 Å². The normalized spacial score (nSPS) is 18.1. The number of guanidine groups is 1. The molecule has 2 amide bonds. The molecule has 1 aromatic rings. The highest BCUT2D eigenvalue weighted by Crippen LogP contribution is 2.21. The molecule has 30 heavy (non-hydrogen) atoms. The number of piperazine rings is 1. The summed E-state index contributed by atoms with van der Waals surface area (Å²) in [5.41, 5.74) is 2.09. The zero-order valence-corrected chi connectivity index (χ0v) is 18.2. The van der Waals surface area contributed by atoms with Crippen LogP contribution in [-0.4, -0.2) is 79.9 Å². The van der Waals surface area contributed by atoms with Crippen LogP contribution in [0.4, 0.5) is 5.69 Å². The number of hydrogen-bond acceptors (Lipinski definition) is 4. The van der Waals surface area contributed by atoms with Crippen molar-refractivity contribution < 1.29 is 9.59 Å². The Bertz CT molecular complexity index is 740. The molecule has 1 aromatic carbocycles. The molecular formula is C22H34N6O2. The molecule has 0 aliphatic carbocycles. The maximum Gasteiger partial charge on any atom is 0.227 e. The third kappa shape index (κ3) is 6.19. The topological polar surface area (TPSA) is 80.3 Å². The van der Waals surface area contributed by atoms with Crippen molar-refractivity contribution in [1.82, 2.24) is 20.4 Å². The van der Waals surface area contributed by atoms with Crippen LogP contribution in [0.15, 0.2) is 29.3 Å². The molecule has 0 atom stereocenters. The van der Waals surface area contributed by atoms with Crippen LogP contribution in [0.5, 0.6) is 0 Å². The lowest BCUT2D eigenvalue weighted by atomic mass is 10.2. The van der Waals surface area contributed by atoms with E-state index in [9.17, 15) is 9.59 Å². The summed E-state index contributed by atoms with van der Waals surface area (Å²) in [5.74, 6) is 1.18. The highest BCUT2D eigenvalue weighted by atomic mass is 16.2. The van der Waals surface area contributed by atoms with Gasteiger partial charge in [-0.3, -0.25) is 14.5 Å². The molecule has 164 valence electrons. The largest absolute Gasteiger partial charge is 0.357 e. The van der Waals surface area contributed by atoms with Gasteiger partial charge in [0, 0.05) is 71.4 Å². The average Bonchev–Trinajstić information content (AvgIpc) is 3.18. The van der Waals surface area contributed by atoms with Crippen molar-refractivity contribution in [2.45, 2.75) is 33.2 Å². The zero-order chi connectivity index (χ0) is 21.3. The second-order valence-electron chi connectivity index (χ2n) is 7.79. The van der Waals surface area contributed by atoms with E-state index in [0.29, 0.717) is 13.0 Å². The fraction of sp³-hybridized carbons (Fsp3) is 0.591. The maximum atomic E-state index is 11.9. The van der Waals surface area contributed by atoms with Crippen molar-refractivity contribution in [3.8, 4) is 0 Å². The minimum atomic E-state index is 0.161. The van der Waals surface area contributed by atoms with E-state index in [1.807, 2.05) is 34.1 Å². The third-order valence-electron chi connectivity index (χ3n) is 5.62. The van der Waals surface area contributed by atoms with Gasteiger partial charge >= 0.3 is 0 Å². The fourth-order valence-electron chi connectivity index (χ4n) is 3.83. The molecular weight excluding hydrogens is 380 g/mol. The first-order valence-corrected chi connectivity index (χ1v) is 11.0. The molecule has 0 saturated carbocycles. The third-order valence-corrected chi connectivity index (χ3v) is 5.62. The summed E-state index contributed by atoms with van der Waals surface area (Å²) in [6, 6.07) is 8.11. The Morgan fingerprint density at radius 2 is 1.80 bits per heavy atom. The first-order valence-electron chi connectivity index (χ1n) is 11.0. The molecule has 2 heterocycles. The summed E-state index contributed by atoms with van der Waals surface area (Å²) >= 11 is 0. The molecule has 0 unspecified atom stereocenters. The predicted molar refractivity (Wildman–Crippen MR) is 120 cm³/mol. The molecule has 2 fully saturated rings. The lowest BCUT2D eigenvalue weighted by molar-refractivity contribution is -0.130. The molecule has 0 radical (unpaired) electrons. The summed E-state index contributed by atoms with van der Waals surface area (Å²) < 4.78 is 0. The fourth-order valence-corrected chi connectivity index (χ4v) is 3.83. The van der Waals surface area contributed by atoms with E-state index in [1.165, 1.54) is 0 Å². The van der Waals surface area contributed by atoms with E-state index in [0.717, 1.165) is 76.0 Å². The van der Waals surface area contributed by atoms with Crippen molar-refractivity contribution in [3.05, 3.63) is 29.8 Å². The molecule has 8 nitrogen and oxygen atoms in total. The maximum absolute atomic E-state index is 11.9. The van der Waals surface area contributed by atoms with E-state index in [2.05, 4.69) is 27.4 Å². The zero-order valence-electron chi connectivity index (χ0n) is 18.2. The Morgan fingerprint density at radius 1 is 1.07 bits per heavy atom. The number of carbonyl (C=O) groups is 2. The van der Waals surface area contributed by atoms with E-state index < -0.39 is 0 Å². The van der Waals surface area contributed by atoms with Crippen LogP contribution in [0.3, 0.4) is 0 Å². The molecule has 0 spiro atoms. The predicted octanol–water partition coefficient (Wildman–Crippen LogP) is 1.03. The van der Waals surface area contributed by atoms with Gasteiger partial charge in [-0.2, -0.15) is 0 Å². The van der Waals surface area contributed by atoms with Crippen molar-refractivity contribution in [2.75, 3.05) is 57.3 Å².